The molecule has 7 heteroatoms. The van der Waals surface area contributed by atoms with Gasteiger partial charge >= 0.3 is 0 Å². The monoisotopic (exact) mass is 430 g/mol. The molecule has 0 aliphatic rings. The predicted octanol–water partition coefficient (Wildman–Crippen LogP) is 5.86. The number of hydrogen-bond donors (Lipinski definition) is 0. The van der Waals surface area contributed by atoms with Crippen molar-refractivity contribution in [2.75, 3.05) is 29.4 Å². The van der Waals surface area contributed by atoms with Gasteiger partial charge in [-0.05, 0) is 39.8 Å². The van der Waals surface area contributed by atoms with Crippen molar-refractivity contribution in [3.63, 3.8) is 0 Å². The van der Waals surface area contributed by atoms with Crippen LogP contribution in [-0.2, 0) is 0 Å². The number of aryl methyl sites for hydroxylation is 1. The zero-order valence-corrected chi connectivity index (χ0v) is 17.4. The number of nitrogens with zero attached hydrogens (tertiary/aromatic N) is 4. The highest BCUT2D eigenvalue weighted by Gasteiger charge is 2.19. The van der Waals surface area contributed by atoms with Crippen LogP contribution in [0, 0.1) is 6.92 Å². The summed E-state index contributed by atoms with van der Waals surface area (Å²) in [6.07, 6.45) is 0. The van der Waals surface area contributed by atoms with E-state index >= 15 is 0 Å². The summed E-state index contributed by atoms with van der Waals surface area (Å²) in [5.41, 5.74) is 1.63. The molecule has 4 nitrogen and oxygen atoms in total. The van der Waals surface area contributed by atoms with Crippen molar-refractivity contribution in [3.8, 4) is 0 Å². The molecular formula is C17H21BrCl2N4. The van der Waals surface area contributed by atoms with Crippen LogP contribution in [0.4, 0.5) is 17.5 Å². The average molecular weight is 432 g/mol. The van der Waals surface area contributed by atoms with Gasteiger partial charge in [0.15, 0.2) is 0 Å². The highest BCUT2D eigenvalue weighted by molar-refractivity contribution is 9.10. The van der Waals surface area contributed by atoms with Gasteiger partial charge < -0.3 is 9.80 Å². The van der Waals surface area contributed by atoms with Gasteiger partial charge in [0.2, 0.25) is 5.95 Å². The van der Waals surface area contributed by atoms with E-state index in [1.807, 2.05) is 36.9 Å². The third-order valence-electron chi connectivity index (χ3n) is 3.73. The van der Waals surface area contributed by atoms with Crippen LogP contribution in [0.15, 0.2) is 22.7 Å². The molecule has 0 amide bonds. The Bertz CT molecular complexity index is 697. The third kappa shape index (κ3) is 4.13. The quantitative estimate of drug-likeness (QED) is 0.573. The Morgan fingerprint density at radius 2 is 1.54 bits per heavy atom. The van der Waals surface area contributed by atoms with Gasteiger partial charge in [-0.2, -0.15) is 4.98 Å². The van der Waals surface area contributed by atoms with Crippen LogP contribution >= 0.6 is 39.1 Å². The summed E-state index contributed by atoms with van der Waals surface area (Å²) in [4.78, 5) is 13.5. The maximum Gasteiger partial charge on any atom is 0.232 e. The molecule has 0 radical (unpaired) electrons. The molecule has 1 aromatic heterocycles. The molecule has 1 aromatic carbocycles. The lowest BCUT2D eigenvalue weighted by Crippen LogP contribution is -2.26. The summed E-state index contributed by atoms with van der Waals surface area (Å²) in [7, 11) is 0. The summed E-state index contributed by atoms with van der Waals surface area (Å²) in [5.74, 6) is 1.51. The Morgan fingerprint density at radius 1 is 0.958 bits per heavy atom. The smallest absolute Gasteiger partial charge is 0.232 e. The van der Waals surface area contributed by atoms with E-state index < -0.39 is 0 Å². The number of anilines is 3. The topological polar surface area (TPSA) is 32.3 Å². The minimum absolute atomic E-state index is 0.561. The van der Waals surface area contributed by atoms with Crippen LogP contribution in [0.3, 0.4) is 0 Å². The van der Waals surface area contributed by atoms with Gasteiger partial charge in [0.1, 0.15) is 5.82 Å². The van der Waals surface area contributed by atoms with Crippen LogP contribution in [-0.4, -0.2) is 29.6 Å². The normalized spacial score (nSPS) is 10.8. The fourth-order valence-electron chi connectivity index (χ4n) is 2.56. The molecule has 0 saturated carbocycles. The molecule has 24 heavy (non-hydrogen) atoms. The molecule has 2 aromatic rings. The Balaban J connectivity index is 2.56. The predicted molar refractivity (Wildman–Crippen MR) is 107 cm³/mol. The van der Waals surface area contributed by atoms with E-state index in [1.54, 1.807) is 0 Å². The molecule has 0 N–H and O–H groups in total. The first kappa shape index (κ1) is 19.3. The molecule has 0 saturated heterocycles. The third-order valence-corrected chi connectivity index (χ3v) is 4.76. The fraction of sp³-hybridized carbons (Fsp3) is 0.412. The van der Waals surface area contributed by atoms with E-state index in [-0.39, 0.29) is 0 Å². The average Bonchev–Trinajstić information content (AvgIpc) is 2.51. The molecule has 0 unspecified atom stereocenters. The van der Waals surface area contributed by atoms with Crippen LogP contribution in [0.1, 0.15) is 26.5 Å². The van der Waals surface area contributed by atoms with E-state index in [0.717, 1.165) is 34.8 Å². The second-order valence-electron chi connectivity index (χ2n) is 5.30. The Kier molecular flexibility index (Phi) is 6.72. The van der Waals surface area contributed by atoms with Crippen molar-refractivity contribution in [3.05, 3.63) is 38.4 Å². The van der Waals surface area contributed by atoms with E-state index in [0.29, 0.717) is 22.5 Å². The van der Waals surface area contributed by atoms with Crippen molar-refractivity contribution in [1.82, 2.24) is 9.97 Å². The van der Waals surface area contributed by atoms with Gasteiger partial charge in [-0.1, -0.05) is 39.1 Å². The number of rotatable bonds is 6. The first-order valence-electron chi connectivity index (χ1n) is 7.93. The molecule has 0 atom stereocenters. The highest BCUT2D eigenvalue weighted by atomic mass is 79.9. The number of aromatic nitrogens is 2. The standard InChI is InChI=1S/C17H21BrCl2N4/c1-5-23(6-2)15-8-11(4)21-17(22-15)24(7-3)16-13(19)9-12(18)10-14(16)20/h8-10H,5-7H2,1-4H3. The molecule has 0 bridgehead atoms. The zero-order chi connectivity index (χ0) is 17.9. The Labute approximate surface area is 161 Å². The van der Waals surface area contributed by atoms with Gasteiger partial charge in [0.25, 0.3) is 0 Å². The minimum Gasteiger partial charge on any atom is -0.357 e. The van der Waals surface area contributed by atoms with E-state index in [9.17, 15) is 0 Å². The molecule has 0 spiro atoms. The fourth-order valence-corrected chi connectivity index (χ4v) is 3.97. The maximum atomic E-state index is 6.43. The van der Waals surface area contributed by atoms with Crippen molar-refractivity contribution in [2.45, 2.75) is 27.7 Å². The maximum absolute atomic E-state index is 6.43. The van der Waals surface area contributed by atoms with Gasteiger partial charge in [0.05, 0.1) is 15.7 Å². The van der Waals surface area contributed by atoms with Crippen LogP contribution in [0.2, 0.25) is 10.0 Å². The lowest BCUT2D eigenvalue weighted by Gasteiger charge is -2.26. The molecule has 130 valence electrons. The zero-order valence-electron chi connectivity index (χ0n) is 14.3. The Hall–Kier alpha value is -1.04. The second-order valence-corrected chi connectivity index (χ2v) is 7.03. The number of hydrogen-bond acceptors (Lipinski definition) is 4. The summed E-state index contributed by atoms with van der Waals surface area (Å²) >= 11 is 16.3. The molecule has 1 heterocycles. The van der Waals surface area contributed by atoms with Gasteiger partial charge in [0, 0.05) is 35.9 Å². The summed E-state index contributed by atoms with van der Waals surface area (Å²) < 4.78 is 0.839. The van der Waals surface area contributed by atoms with Gasteiger partial charge in [-0.15, -0.1) is 0 Å². The Morgan fingerprint density at radius 3 is 2.04 bits per heavy atom. The summed E-state index contributed by atoms with van der Waals surface area (Å²) in [5, 5.41) is 1.12. The molecular weight excluding hydrogens is 411 g/mol. The molecule has 0 aliphatic heterocycles. The van der Waals surface area contributed by atoms with Crippen molar-refractivity contribution < 1.29 is 0 Å². The van der Waals surface area contributed by atoms with Gasteiger partial charge in [-0.25, -0.2) is 4.98 Å². The van der Waals surface area contributed by atoms with E-state index in [2.05, 4.69) is 39.7 Å². The first-order valence-corrected chi connectivity index (χ1v) is 9.48. The largest absolute Gasteiger partial charge is 0.357 e. The van der Waals surface area contributed by atoms with Crippen LogP contribution < -0.4 is 9.80 Å². The van der Waals surface area contributed by atoms with Crippen LogP contribution in [0.5, 0.6) is 0 Å². The van der Waals surface area contributed by atoms with E-state index in [4.69, 9.17) is 28.2 Å². The molecule has 0 fully saturated rings. The number of halogens is 3. The number of benzene rings is 1. The minimum atomic E-state index is 0.561. The van der Waals surface area contributed by atoms with Gasteiger partial charge in [-0.3, -0.25) is 0 Å². The van der Waals surface area contributed by atoms with E-state index in [1.165, 1.54) is 0 Å². The molecule has 0 aliphatic carbocycles. The highest BCUT2D eigenvalue weighted by Crippen LogP contribution is 2.39. The lowest BCUT2D eigenvalue weighted by molar-refractivity contribution is 0.830. The summed E-state index contributed by atoms with van der Waals surface area (Å²) in [6.45, 7) is 10.6. The second kappa shape index (κ2) is 8.37. The lowest BCUT2D eigenvalue weighted by atomic mass is 10.3. The SMILES string of the molecule is CCN(CC)c1cc(C)nc(N(CC)c2c(Cl)cc(Br)cc2Cl)n1. The van der Waals surface area contributed by atoms with Crippen molar-refractivity contribution >= 4 is 56.6 Å². The summed E-state index contributed by atoms with van der Waals surface area (Å²) in [6, 6.07) is 5.65. The van der Waals surface area contributed by atoms with Crippen molar-refractivity contribution in [1.29, 1.82) is 0 Å². The molecule has 2 rings (SSSR count). The van der Waals surface area contributed by atoms with Crippen LogP contribution in [0.25, 0.3) is 0 Å². The first-order chi connectivity index (χ1) is 11.4. The van der Waals surface area contributed by atoms with Crippen molar-refractivity contribution in [2.24, 2.45) is 0 Å².